The van der Waals surface area contributed by atoms with Crippen LogP contribution < -0.4 is 14.8 Å². The standard InChI is InChI=1S/C23H23N3O2S/c1-4-17-14-18-22(24-16-10-11-19(27-2)20(13-16)28-3)25-21(26-23(18)29-17)12-15-8-6-5-7-9-15/h5-11,13-14H,4,12H2,1-3H3,(H,24,25,26). The topological polar surface area (TPSA) is 56.3 Å². The molecule has 0 aliphatic carbocycles. The molecule has 2 aromatic carbocycles. The summed E-state index contributed by atoms with van der Waals surface area (Å²) in [5.41, 5.74) is 2.08. The van der Waals surface area contributed by atoms with E-state index in [0.29, 0.717) is 17.9 Å². The van der Waals surface area contributed by atoms with E-state index in [4.69, 9.17) is 19.4 Å². The molecule has 0 aliphatic rings. The van der Waals surface area contributed by atoms with Crippen LogP contribution in [0.1, 0.15) is 23.2 Å². The third-order valence-corrected chi connectivity index (χ3v) is 5.86. The van der Waals surface area contributed by atoms with E-state index in [-0.39, 0.29) is 0 Å². The van der Waals surface area contributed by atoms with Crippen LogP contribution in [0, 0.1) is 0 Å². The van der Waals surface area contributed by atoms with Gasteiger partial charge in [0.15, 0.2) is 11.5 Å². The third kappa shape index (κ3) is 4.17. The summed E-state index contributed by atoms with van der Waals surface area (Å²) in [6.45, 7) is 2.16. The number of thiophene rings is 1. The molecule has 0 saturated carbocycles. The van der Waals surface area contributed by atoms with E-state index in [1.807, 2.05) is 36.4 Å². The molecule has 2 aromatic heterocycles. The summed E-state index contributed by atoms with van der Waals surface area (Å²) < 4.78 is 10.8. The van der Waals surface area contributed by atoms with E-state index < -0.39 is 0 Å². The maximum Gasteiger partial charge on any atom is 0.162 e. The van der Waals surface area contributed by atoms with Crippen LogP contribution in [0.15, 0.2) is 54.6 Å². The number of aromatic nitrogens is 2. The summed E-state index contributed by atoms with van der Waals surface area (Å²) in [4.78, 5) is 12.0. The van der Waals surface area contributed by atoms with Crippen LogP contribution >= 0.6 is 11.3 Å². The van der Waals surface area contributed by atoms with E-state index in [0.717, 1.165) is 34.0 Å². The fraction of sp³-hybridized carbons (Fsp3) is 0.217. The Balaban J connectivity index is 1.74. The van der Waals surface area contributed by atoms with Crippen LogP contribution in [0.3, 0.4) is 0 Å². The highest BCUT2D eigenvalue weighted by Gasteiger charge is 2.13. The van der Waals surface area contributed by atoms with Crippen molar-refractivity contribution in [3.8, 4) is 11.5 Å². The fourth-order valence-electron chi connectivity index (χ4n) is 3.19. The zero-order valence-corrected chi connectivity index (χ0v) is 17.5. The van der Waals surface area contributed by atoms with Gasteiger partial charge in [-0.05, 0) is 30.2 Å². The minimum atomic E-state index is 0.673. The van der Waals surface area contributed by atoms with Gasteiger partial charge in [-0.1, -0.05) is 37.3 Å². The first kappa shape index (κ1) is 19.2. The molecule has 0 atom stereocenters. The van der Waals surface area contributed by atoms with Gasteiger partial charge in [0, 0.05) is 23.1 Å². The van der Waals surface area contributed by atoms with Crippen LogP contribution in [-0.2, 0) is 12.8 Å². The highest BCUT2D eigenvalue weighted by Crippen LogP contribution is 2.34. The Morgan fingerprint density at radius 2 is 1.72 bits per heavy atom. The quantitative estimate of drug-likeness (QED) is 0.433. The molecule has 0 amide bonds. The summed E-state index contributed by atoms with van der Waals surface area (Å²) in [6, 6.07) is 18.2. The van der Waals surface area contributed by atoms with Crippen LogP contribution in [0.2, 0.25) is 0 Å². The van der Waals surface area contributed by atoms with Crippen molar-refractivity contribution in [1.29, 1.82) is 0 Å². The molecular weight excluding hydrogens is 382 g/mol. The monoisotopic (exact) mass is 405 g/mol. The fourth-order valence-corrected chi connectivity index (χ4v) is 4.18. The predicted molar refractivity (Wildman–Crippen MR) is 119 cm³/mol. The van der Waals surface area contributed by atoms with Gasteiger partial charge < -0.3 is 14.8 Å². The number of hydrogen-bond acceptors (Lipinski definition) is 6. The second-order valence-corrected chi connectivity index (χ2v) is 7.75. The number of methoxy groups -OCH3 is 2. The lowest BCUT2D eigenvalue weighted by Crippen LogP contribution is -2.02. The Labute approximate surface area is 174 Å². The number of nitrogens with zero attached hydrogens (tertiary/aromatic N) is 2. The summed E-state index contributed by atoms with van der Waals surface area (Å²) >= 11 is 1.72. The summed E-state index contributed by atoms with van der Waals surface area (Å²) in [7, 11) is 3.27. The van der Waals surface area contributed by atoms with Gasteiger partial charge in [0.1, 0.15) is 16.5 Å². The van der Waals surface area contributed by atoms with Gasteiger partial charge in [-0.25, -0.2) is 9.97 Å². The van der Waals surface area contributed by atoms with Crippen LogP contribution in [0.5, 0.6) is 11.5 Å². The molecule has 2 heterocycles. The average molecular weight is 406 g/mol. The van der Waals surface area contributed by atoms with Crippen molar-refractivity contribution in [1.82, 2.24) is 9.97 Å². The predicted octanol–water partition coefficient (Wildman–Crippen LogP) is 5.61. The van der Waals surface area contributed by atoms with Crippen molar-refractivity contribution in [2.75, 3.05) is 19.5 Å². The lowest BCUT2D eigenvalue weighted by Gasteiger charge is -2.12. The molecule has 1 N–H and O–H groups in total. The molecule has 0 aliphatic heterocycles. The minimum absolute atomic E-state index is 0.673. The molecule has 0 saturated heterocycles. The first-order valence-corrected chi connectivity index (χ1v) is 10.3. The molecule has 0 bridgehead atoms. The Morgan fingerprint density at radius 3 is 2.45 bits per heavy atom. The Kier molecular flexibility index (Phi) is 5.62. The molecule has 0 unspecified atom stereocenters. The van der Waals surface area contributed by atoms with Crippen molar-refractivity contribution in [2.45, 2.75) is 19.8 Å². The zero-order valence-electron chi connectivity index (χ0n) is 16.7. The highest BCUT2D eigenvalue weighted by atomic mass is 32.1. The Morgan fingerprint density at radius 1 is 0.931 bits per heavy atom. The molecule has 4 aromatic rings. The van der Waals surface area contributed by atoms with Crippen molar-refractivity contribution in [2.24, 2.45) is 0 Å². The molecule has 4 rings (SSSR count). The van der Waals surface area contributed by atoms with Crippen molar-refractivity contribution < 1.29 is 9.47 Å². The lowest BCUT2D eigenvalue weighted by atomic mass is 10.1. The number of benzene rings is 2. The molecule has 148 valence electrons. The number of aryl methyl sites for hydroxylation is 1. The molecule has 29 heavy (non-hydrogen) atoms. The normalized spacial score (nSPS) is 10.9. The van der Waals surface area contributed by atoms with E-state index in [1.54, 1.807) is 25.6 Å². The SMILES string of the molecule is CCc1cc2c(Nc3ccc(OC)c(OC)c3)nc(Cc3ccccc3)nc2s1. The van der Waals surface area contributed by atoms with Crippen LogP contribution in [-0.4, -0.2) is 24.2 Å². The van der Waals surface area contributed by atoms with Gasteiger partial charge >= 0.3 is 0 Å². The second kappa shape index (κ2) is 8.49. The Bertz CT molecular complexity index is 1130. The maximum absolute atomic E-state index is 5.43. The van der Waals surface area contributed by atoms with Gasteiger partial charge in [0.05, 0.1) is 19.6 Å². The van der Waals surface area contributed by atoms with Crippen molar-refractivity contribution in [3.63, 3.8) is 0 Å². The van der Waals surface area contributed by atoms with Crippen molar-refractivity contribution in [3.05, 3.63) is 70.9 Å². The summed E-state index contributed by atoms with van der Waals surface area (Å²) in [5, 5.41) is 4.50. The highest BCUT2D eigenvalue weighted by molar-refractivity contribution is 7.18. The van der Waals surface area contributed by atoms with Gasteiger partial charge in [-0.3, -0.25) is 0 Å². The summed E-state index contributed by atoms with van der Waals surface area (Å²) in [5.74, 6) is 2.98. The van der Waals surface area contributed by atoms with E-state index >= 15 is 0 Å². The number of hydrogen-bond donors (Lipinski definition) is 1. The van der Waals surface area contributed by atoms with Gasteiger partial charge in [0.2, 0.25) is 0 Å². The zero-order chi connectivity index (χ0) is 20.2. The number of fused-ring (bicyclic) bond motifs is 1. The number of rotatable bonds is 7. The second-order valence-electron chi connectivity index (χ2n) is 6.63. The molecule has 0 fully saturated rings. The largest absolute Gasteiger partial charge is 0.493 e. The maximum atomic E-state index is 5.43. The molecule has 6 heteroatoms. The number of ether oxygens (including phenoxy) is 2. The molecule has 0 radical (unpaired) electrons. The first-order chi connectivity index (χ1) is 14.2. The van der Waals surface area contributed by atoms with E-state index in [9.17, 15) is 0 Å². The van der Waals surface area contributed by atoms with E-state index in [2.05, 4.69) is 30.4 Å². The third-order valence-electron chi connectivity index (χ3n) is 4.69. The average Bonchev–Trinajstić information content (AvgIpc) is 3.18. The summed E-state index contributed by atoms with van der Waals surface area (Å²) in [6.07, 6.45) is 1.67. The van der Waals surface area contributed by atoms with Crippen LogP contribution in [0.4, 0.5) is 11.5 Å². The smallest absolute Gasteiger partial charge is 0.162 e. The lowest BCUT2D eigenvalue weighted by molar-refractivity contribution is 0.355. The van der Waals surface area contributed by atoms with Crippen LogP contribution in [0.25, 0.3) is 10.2 Å². The Hall–Kier alpha value is -3.12. The first-order valence-electron chi connectivity index (χ1n) is 9.52. The van der Waals surface area contributed by atoms with Gasteiger partial charge in [-0.15, -0.1) is 11.3 Å². The van der Waals surface area contributed by atoms with Gasteiger partial charge in [0.25, 0.3) is 0 Å². The molecule has 5 nitrogen and oxygen atoms in total. The minimum Gasteiger partial charge on any atom is -0.493 e. The molecule has 0 spiro atoms. The number of nitrogens with one attached hydrogen (secondary N) is 1. The van der Waals surface area contributed by atoms with E-state index in [1.165, 1.54) is 10.4 Å². The number of anilines is 2. The van der Waals surface area contributed by atoms with Gasteiger partial charge in [-0.2, -0.15) is 0 Å². The molecular formula is C23H23N3O2S. The van der Waals surface area contributed by atoms with Crippen molar-refractivity contribution >= 4 is 33.1 Å².